The zero-order valence-corrected chi connectivity index (χ0v) is 10.6. The van der Waals surface area contributed by atoms with Crippen LogP contribution in [0, 0.1) is 11.6 Å². The normalized spacial score (nSPS) is 16.9. The van der Waals surface area contributed by atoms with Crippen molar-refractivity contribution in [3.8, 4) is 0 Å². The fraction of sp³-hybridized carbons (Fsp3) is 0.462. The number of β-amino-alcohol motifs (C(OH)–C–C–N with tert-alkyl or cyclic N) is 1. The van der Waals surface area contributed by atoms with E-state index in [1.165, 1.54) is 11.0 Å². The van der Waals surface area contributed by atoms with Gasteiger partial charge in [-0.2, -0.15) is 0 Å². The summed E-state index contributed by atoms with van der Waals surface area (Å²) in [7, 11) is 0. The number of urea groups is 1. The number of rotatable bonds is 3. The third kappa shape index (κ3) is 3.01. The molecule has 2 amide bonds. The number of nitrogens with one attached hydrogen (secondary N) is 1. The van der Waals surface area contributed by atoms with Gasteiger partial charge >= 0.3 is 6.03 Å². The maximum absolute atomic E-state index is 13.3. The van der Waals surface area contributed by atoms with E-state index in [0.29, 0.717) is 12.5 Å². The van der Waals surface area contributed by atoms with Crippen LogP contribution in [0.3, 0.4) is 0 Å². The van der Waals surface area contributed by atoms with Gasteiger partial charge < -0.3 is 15.3 Å². The van der Waals surface area contributed by atoms with Crippen molar-refractivity contribution in [1.82, 2.24) is 4.90 Å². The molecule has 1 aliphatic heterocycles. The first-order valence-corrected chi connectivity index (χ1v) is 6.17. The lowest BCUT2D eigenvalue weighted by Crippen LogP contribution is -2.64. The highest BCUT2D eigenvalue weighted by molar-refractivity contribution is 5.90. The Morgan fingerprint density at radius 1 is 1.47 bits per heavy atom. The Morgan fingerprint density at radius 2 is 2.16 bits per heavy atom. The number of carbonyl (C=O) groups is 1. The van der Waals surface area contributed by atoms with Crippen LogP contribution in [-0.2, 0) is 0 Å². The molecule has 0 unspecified atom stereocenters. The SMILES string of the molecule is CCCC1(O)CN(C(=O)Nc2ccc(F)cc2F)C1. The number of aliphatic hydroxyl groups is 1. The van der Waals surface area contributed by atoms with Crippen molar-refractivity contribution in [2.45, 2.75) is 25.4 Å². The van der Waals surface area contributed by atoms with Crippen molar-refractivity contribution in [2.75, 3.05) is 18.4 Å². The van der Waals surface area contributed by atoms with Gasteiger partial charge in [-0.1, -0.05) is 13.3 Å². The molecular formula is C13H16F2N2O2. The van der Waals surface area contributed by atoms with Gasteiger partial charge in [-0.3, -0.25) is 0 Å². The minimum absolute atomic E-state index is 0.0719. The van der Waals surface area contributed by atoms with Crippen LogP contribution in [-0.4, -0.2) is 34.7 Å². The second kappa shape index (κ2) is 5.13. The number of amides is 2. The monoisotopic (exact) mass is 270 g/mol. The smallest absolute Gasteiger partial charge is 0.322 e. The number of carbonyl (C=O) groups excluding carboxylic acids is 1. The van der Waals surface area contributed by atoms with Gasteiger partial charge in [0.1, 0.15) is 11.6 Å². The first-order chi connectivity index (χ1) is 8.93. The summed E-state index contributed by atoms with van der Waals surface area (Å²) in [5, 5.41) is 12.3. The fourth-order valence-electron chi connectivity index (χ4n) is 2.22. The number of anilines is 1. The summed E-state index contributed by atoms with van der Waals surface area (Å²) in [5.41, 5.74) is -0.898. The topological polar surface area (TPSA) is 52.6 Å². The molecule has 1 aliphatic rings. The average molecular weight is 270 g/mol. The average Bonchev–Trinajstić information content (AvgIpc) is 2.29. The highest BCUT2D eigenvalue weighted by Crippen LogP contribution is 2.26. The summed E-state index contributed by atoms with van der Waals surface area (Å²) < 4.78 is 26.1. The predicted octanol–water partition coefficient (Wildman–Crippen LogP) is 2.34. The van der Waals surface area contributed by atoms with Gasteiger partial charge in [0.2, 0.25) is 0 Å². The van der Waals surface area contributed by atoms with Crippen LogP contribution >= 0.6 is 0 Å². The second-order valence-electron chi connectivity index (χ2n) is 4.88. The van der Waals surface area contributed by atoms with Crippen LogP contribution in [0.25, 0.3) is 0 Å². The van der Waals surface area contributed by atoms with E-state index in [2.05, 4.69) is 5.32 Å². The van der Waals surface area contributed by atoms with Crippen LogP contribution in [0.1, 0.15) is 19.8 Å². The molecule has 0 saturated carbocycles. The Hall–Kier alpha value is -1.69. The van der Waals surface area contributed by atoms with E-state index in [0.717, 1.165) is 12.5 Å². The van der Waals surface area contributed by atoms with Gasteiger partial charge in [0, 0.05) is 6.07 Å². The molecule has 1 saturated heterocycles. The number of nitrogens with zero attached hydrogens (tertiary/aromatic N) is 1. The molecule has 0 aromatic heterocycles. The largest absolute Gasteiger partial charge is 0.386 e. The molecule has 1 aromatic rings. The van der Waals surface area contributed by atoms with E-state index in [4.69, 9.17) is 0 Å². The maximum atomic E-state index is 13.3. The maximum Gasteiger partial charge on any atom is 0.322 e. The number of hydrogen-bond donors (Lipinski definition) is 2. The molecule has 1 aromatic carbocycles. The third-order valence-corrected chi connectivity index (χ3v) is 3.15. The van der Waals surface area contributed by atoms with Crippen molar-refractivity contribution in [2.24, 2.45) is 0 Å². The van der Waals surface area contributed by atoms with Gasteiger partial charge in [0.15, 0.2) is 0 Å². The van der Waals surface area contributed by atoms with Gasteiger partial charge in [-0.25, -0.2) is 13.6 Å². The standard InChI is InChI=1S/C13H16F2N2O2/c1-2-5-13(19)7-17(8-13)12(18)16-11-4-3-9(14)6-10(11)15/h3-4,6,19H,2,5,7-8H2,1H3,(H,16,18). The van der Waals surface area contributed by atoms with Crippen molar-refractivity contribution in [1.29, 1.82) is 0 Å². The molecule has 0 radical (unpaired) electrons. The van der Waals surface area contributed by atoms with Gasteiger partial charge in [0.05, 0.1) is 24.4 Å². The summed E-state index contributed by atoms with van der Waals surface area (Å²) in [6.45, 7) is 2.42. The third-order valence-electron chi connectivity index (χ3n) is 3.15. The second-order valence-corrected chi connectivity index (χ2v) is 4.88. The van der Waals surface area contributed by atoms with E-state index in [9.17, 15) is 18.7 Å². The first-order valence-electron chi connectivity index (χ1n) is 6.17. The summed E-state index contributed by atoms with van der Waals surface area (Å²) in [5.74, 6) is -1.52. The molecule has 0 spiro atoms. The van der Waals surface area contributed by atoms with E-state index < -0.39 is 23.3 Å². The molecular weight excluding hydrogens is 254 g/mol. The Bertz CT molecular complexity index is 488. The molecule has 4 nitrogen and oxygen atoms in total. The molecule has 1 fully saturated rings. The summed E-state index contributed by atoms with van der Waals surface area (Å²) in [4.78, 5) is 13.2. The van der Waals surface area contributed by atoms with Crippen LogP contribution in [0.15, 0.2) is 18.2 Å². The summed E-state index contributed by atoms with van der Waals surface area (Å²) in [6.07, 6.45) is 1.46. The highest BCUT2D eigenvalue weighted by Gasteiger charge is 2.42. The van der Waals surface area contributed by atoms with Crippen LogP contribution in [0.2, 0.25) is 0 Å². The van der Waals surface area contributed by atoms with E-state index in [1.54, 1.807) is 0 Å². The van der Waals surface area contributed by atoms with Gasteiger partial charge in [-0.05, 0) is 18.6 Å². The van der Waals surface area contributed by atoms with Gasteiger partial charge in [-0.15, -0.1) is 0 Å². The molecule has 0 aliphatic carbocycles. The van der Waals surface area contributed by atoms with E-state index in [1.807, 2.05) is 6.92 Å². The van der Waals surface area contributed by atoms with E-state index >= 15 is 0 Å². The number of halogens is 2. The van der Waals surface area contributed by atoms with Crippen LogP contribution in [0.4, 0.5) is 19.3 Å². The zero-order valence-electron chi connectivity index (χ0n) is 10.6. The van der Waals surface area contributed by atoms with E-state index in [-0.39, 0.29) is 18.8 Å². The van der Waals surface area contributed by atoms with Gasteiger partial charge in [0.25, 0.3) is 0 Å². The Morgan fingerprint density at radius 3 is 2.74 bits per heavy atom. The minimum atomic E-state index is -0.826. The lowest BCUT2D eigenvalue weighted by atomic mass is 9.90. The van der Waals surface area contributed by atoms with Crippen molar-refractivity contribution in [3.63, 3.8) is 0 Å². The molecule has 0 bridgehead atoms. The lowest BCUT2D eigenvalue weighted by Gasteiger charge is -2.46. The predicted molar refractivity (Wildman–Crippen MR) is 66.8 cm³/mol. The Balaban J connectivity index is 1.93. The molecule has 19 heavy (non-hydrogen) atoms. The zero-order chi connectivity index (χ0) is 14.0. The quantitative estimate of drug-likeness (QED) is 0.885. The number of hydrogen-bond acceptors (Lipinski definition) is 2. The number of benzene rings is 1. The summed E-state index contributed by atoms with van der Waals surface area (Å²) in [6, 6.07) is 2.45. The molecule has 104 valence electrons. The molecule has 1 heterocycles. The number of likely N-dealkylation sites (tertiary alicyclic amines) is 1. The lowest BCUT2D eigenvalue weighted by molar-refractivity contribution is -0.0792. The molecule has 2 rings (SSSR count). The van der Waals surface area contributed by atoms with Crippen LogP contribution < -0.4 is 5.32 Å². The van der Waals surface area contributed by atoms with Crippen molar-refractivity contribution in [3.05, 3.63) is 29.8 Å². The Labute approximate surface area is 110 Å². The van der Waals surface area contributed by atoms with Crippen molar-refractivity contribution < 1.29 is 18.7 Å². The summed E-state index contributed by atoms with van der Waals surface area (Å²) >= 11 is 0. The van der Waals surface area contributed by atoms with Crippen molar-refractivity contribution >= 4 is 11.7 Å². The Kier molecular flexibility index (Phi) is 3.71. The molecule has 0 atom stereocenters. The fourth-order valence-corrected chi connectivity index (χ4v) is 2.22. The highest BCUT2D eigenvalue weighted by atomic mass is 19.1. The minimum Gasteiger partial charge on any atom is -0.386 e. The molecule has 6 heteroatoms. The first kappa shape index (κ1) is 13.7. The van der Waals surface area contributed by atoms with Crippen LogP contribution in [0.5, 0.6) is 0 Å². The molecule has 2 N–H and O–H groups in total.